The normalized spacial score (nSPS) is 15.0. The van der Waals surface area contributed by atoms with Gasteiger partial charge in [0.2, 0.25) is 0 Å². The van der Waals surface area contributed by atoms with E-state index in [2.05, 4.69) is 15.9 Å². The van der Waals surface area contributed by atoms with Crippen molar-refractivity contribution in [3.05, 3.63) is 85.9 Å². The molecular formula is C23H15BrClNO5S. The number of halogens is 2. The van der Waals surface area contributed by atoms with Gasteiger partial charge in [0.25, 0.3) is 11.1 Å². The zero-order valence-electron chi connectivity index (χ0n) is 16.6. The number of hydrogen-bond acceptors (Lipinski definition) is 6. The first kappa shape index (κ1) is 22.4. The Balaban J connectivity index is 1.56. The van der Waals surface area contributed by atoms with E-state index in [0.717, 1.165) is 21.8 Å². The maximum absolute atomic E-state index is 12.8. The molecule has 0 radical (unpaired) electrons. The van der Waals surface area contributed by atoms with Gasteiger partial charge in [-0.15, -0.1) is 0 Å². The minimum absolute atomic E-state index is 0.175. The van der Waals surface area contributed by atoms with Crippen LogP contribution in [0.1, 0.15) is 21.7 Å². The highest BCUT2D eigenvalue weighted by atomic mass is 79.9. The minimum atomic E-state index is -0.553. The second-order valence-corrected chi connectivity index (χ2v) is 9.00. The second kappa shape index (κ2) is 9.36. The van der Waals surface area contributed by atoms with Crippen LogP contribution in [-0.4, -0.2) is 29.1 Å². The van der Waals surface area contributed by atoms with Crippen LogP contribution < -0.4 is 0 Å². The molecule has 0 unspecified atom stereocenters. The van der Waals surface area contributed by atoms with Gasteiger partial charge in [0.15, 0.2) is 0 Å². The average molecular weight is 533 g/mol. The number of carbonyl (C=O) groups is 3. The molecule has 32 heavy (non-hydrogen) atoms. The molecule has 1 fully saturated rings. The molecule has 1 saturated heterocycles. The van der Waals surface area contributed by atoms with Crippen LogP contribution in [0.25, 0.3) is 17.4 Å². The number of carbonyl (C=O) groups excluding carboxylic acids is 3. The van der Waals surface area contributed by atoms with Crippen LogP contribution in [0.5, 0.6) is 0 Å². The predicted molar refractivity (Wildman–Crippen MR) is 126 cm³/mol. The van der Waals surface area contributed by atoms with E-state index in [1.165, 1.54) is 18.1 Å². The molecule has 0 N–H and O–H groups in total. The second-order valence-electron chi connectivity index (χ2n) is 6.75. The molecule has 2 heterocycles. The molecule has 9 heteroatoms. The standard InChI is InChI=1S/C23H15BrClNO5S/c1-30-22(28)16-10-13(6-8-18(16)25)19-9-7-15(31-19)11-20-21(27)26(23(29)32-20)12-14-4-2-3-5-17(14)24/h2-11H,12H2,1H3/b20-11+. The number of benzene rings is 2. The first-order valence-corrected chi connectivity index (χ1v) is 11.3. The monoisotopic (exact) mass is 531 g/mol. The molecule has 1 aliphatic rings. The Morgan fingerprint density at radius 2 is 1.97 bits per heavy atom. The summed E-state index contributed by atoms with van der Waals surface area (Å²) in [4.78, 5) is 38.6. The van der Waals surface area contributed by atoms with Crippen molar-refractivity contribution in [1.29, 1.82) is 0 Å². The van der Waals surface area contributed by atoms with E-state index >= 15 is 0 Å². The summed E-state index contributed by atoms with van der Waals surface area (Å²) in [6.45, 7) is 0.175. The van der Waals surface area contributed by atoms with Crippen molar-refractivity contribution in [1.82, 2.24) is 4.90 Å². The van der Waals surface area contributed by atoms with Crippen LogP contribution >= 0.6 is 39.3 Å². The summed E-state index contributed by atoms with van der Waals surface area (Å²) in [5.41, 5.74) is 1.68. The van der Waals surface area contributed by atoms with E-state index in [4.69, 9.17) is 20.8 Å². The average Bonchev–Trinajstić information content (AvgIpc) is 3.35. The Bertz CT molecular complexity index is 1270. The number of amides is 2. The van der Waals surface area contributed by atoms with E-state index in [0.29, 0.717) is 17.1 Å². The van der Waals surface area contributed by atoms with E-state index in [1.54, 1.807) is 30.3 Å². The summed E-state index contributed by atoms with van der Waals surface area (Å²) >= 11 is 10.4. The number of nitrogens with zero attached hydrogens (tertiary/aromatic N) is 1. The number of imide groups is 1. The lowest BCUT2D eigenvalue weighted by Crippen LogP contribution is -2.27. The van der Waals surface area contributed by atoms with Crippen molar-refractivity contribution in [2.75, 3.05) is 7.11 Å². The molecule has 2 amide bonds. The molecule has 4 rings (SSSR count). The summed E-state index contributed by atoms with van der Waals surface area (Å²) in [5, 5.41) is -0.0738. The third-order valence-electron chi connectivity index (χ3n) is 4.72. The quantitative estimate of drug-likeness (QED) is 0.280. The summed E-state index contributed by atoms with van der Waals surface area (Å²) in [6.07, 6.45) is 1.53. The molecule has 0 atom stereocenters. The van der Waals surface area contributed by atoms with Gasteiger partial charge in [-0.3, -0.25) is 14.5 Å². The maximum Gasteiger partial charge on any atom is 0.339 e. The van der Waals surface area contributed by atoms with Crippen LogP contribution in [0.15, 0.2) is 68.4 Å². The van der Waals surface area contributed by atoms with Crippen LogP contribution in [0, 0.1) is 0 Å². The lowest BCUT2D eigenvalue weighted by Gasteiger charge is -2.13. The topological polar surface area (TPSA) is 76.8 Å². The third kappa shape index (κ3) is 4.53. The van der Waals surface area contributed by atoms with Gasteiger partial charge in [0, 0.05) is 16.1 Å². The van der Waals surface area contributed by atoms with Crippen LogP contribution in [0.2, 0.25) is 5.02 Å². The minimum Gasteiger partial charge on any atom is -0.465 e. The fourth-order valence-corrected chi connectivity index (χ4v) is 4.52. The Hall–Kier alpha value is -2.81. The SMILES string of the molecule is COC(=O)c1cc(-c2ccc(/C=C3/SC(=O)N(Cc4ccccc4Br)C3=O)o2)ccc1Cl. The summed E-state index contributed by atoms with van der Waals surface area (Å²) in [6, 6.07) is 15.7. The number of ether oxygens (including phenoxy) is 1. The van der Waals surface area contributed by atoms with Gasteiger partial charge in [-0.05, 0) is 53.7 Å². The third-order valence-corrected chi connectivity index (χ3v) is 6.73. The van der Waals surface area contributed by atoms with Crippen LogP contribution in [0.4, 0.5) is 4.79 Å². The van der Waals surface area contributed by atoms with Gasteiger partial charge < -0.3 is 9.15 Å². The van der Waals surface area contributed by atoms with Crippen molar-refractivity contribution in [3.8, 4) is 11.3 Å². The molecular weight excluding hydrogens is 518 g/mol. The molecule has 0 spiro atoms. The molecule has 0 bridgehead atoms. The van der Waals surface area contributed by atoms with E-state index in [-0.39, 0.29) is 33.2 Å². The van der Waals surface area contributed by atoms with E-state index in [1.807, 2.05) is 24.3 Å². The van der Waals surface area contributed by atoms with Crippen molar-refractivity contribution >= 4 is 62.5 Å². The summed E-state index contributed by atoms with van der Waals surface area (Å²) in [5.74, 6) is -0.0537. The highest BCUT2D eigenvalue weighted by Gasteiger charge is 2.35. The van der Waals surface area contributed by atoms with E-state index in [9.17, 15) is 14.4 Å². The first-order chi connectivity index (χ1) is 15.4. The summed E-state index contributed by atoms with van der Waals surface area (Å²) < 4.78 is 11.4. The number of furan rings is 1. The molecule has 6 nitrogen and oxygen atoms in total. The Labute approximate surface area is 201 Å². The largest absolute Gasteiger partial charge is 0.465 e. The molecule has 3 aromatic rings. The van der Waals surface area contributed by atoms with Crippen molar-refractivity contribution in [3.63, 3.8) is 0 Å². The lowest BCUT2D eigenvalue weighted by atomic mass is 10.1. The molecule has 0 saturated carbocycles. The van der Waals surface area contributed by atoms with Gasteiger partial charge >= 0.3 is 5.97 Å². The molecule has 162 valence electrons. The maximum atomic E-state index is 12.8. The van der Waals surface area contributed by atoms with Gasteiger partial charge in [-0.1, -0.05) is 45.7 Å². The van der Waals surface area contributed by atoms with Crippen molar-refractivity contribution < 1.29 is 23.5 Å². The number of hydrogen-bond donors (Lipinski definition) is 0. The Kier molecular flexibility index (Phi) is 6.55. The van der Waals surface area contributed by atoms with Crippen LogP contribution in [0.3, 0.4) is 0 Å². The van der Waals surface area contributed by atoms with Gasteiger partial charge in [0.05, 0.1) is 29.1 Å². The molecule has 1 aromatic heterocycles. The number of methoxy groups -OCH3 is 1. The fraction of sp³-hybridized carbons (Fsp3) is 0.0870. The smallest absolute Gasteiger partial charge is 0.339 e. The van der Waals surface area contributed by atoms with Gasteiger partial charge in [-0.2, -0.15) is 0 Å². The number of thioether (sulfide) groups is 1. The lowest BCUT2D eigenvalue weighted by molar-refractivity contribution is -0.123. The molecule has 1 aliphatic heterocycles. The molecule has 0 aliphatic carbocycles. The zero-order chi connectivity index (χ0) is 22.8. The number of rotatable bonds is 5. The van der Waals surface area contributed by atoms with Crippen molar-refractivity contribution in [2.24, 2.45) is 0 Å². The highest BCUT2D eigenvalue weighted by molar-refractivity contribution is 9.10. The van der Waals surface area contributed by atoms with Gasteiger partial charge in [0.1, 0.15) is 11.5 Å². The highest BCUT2D eigenvalue weighted by Crippen LogP contribution is 2.35. The Morgan fingerprint density at radius 1 is 1.19 bits per heavy atom. The van der Waals surface area contributed by atoms with Crippen molar-refractivity contribution in [2.45, 2.75) is 6.54 Å². The molecule has 2 aromatic carbocycles. The number of esters is 1. The fourth-order valence-electron chi connectivity index (χ4n) is 3.09. The predicted octanol–water partition coefficient (Wildman–Crippen LogP) is 6.39. The Morgan fingerprint density at radius 3 is 2.72 bits per heavy atom. The van der Waals surface area contributed by atoms with Crippen LogP contribution in [-0.2, 0) is 16.1 Å². The first-order valence-electron chi connectivity index (χ1n) is 9.34. The summed E-state index contributed by atoms with van der Waals surface area (Å²) in [7, 11) is 1.28. The van der Waals surface area contributed by atoms with E-state index < -0.39 is 5.97 Å². The zero-order valence-corrected chi connectivity index (χ0v) is 19.8. The van der Waals surface area contributed by atoms with Gasteiger partial charge in [-0.25, -0.2) is 4.79 Å².